The van der Waals surface area contributed by atoms with Crippen molar-refractivity contribution in [1.82, 2.24) is 0 Å². The summed E-state index contributed by atoms with van der Waals surface area (Å²) >= 11 is 0. The fourth-order valence-electron chi connectivity index (χ4n) is 1.44. The van der Waals surface area contributed by atoms with Crippen molar-refractivity contribution >= 4 is 5.78 Å². The second-order valence-electron chi connectivity index (χ2n) is 3.60. The number of aliphatic hydroxyl groups excluding tert-OH is 1. The number of hydrogen-bond donors (Lipinski definition) is 1. The third-order valence-electron chi connectivity index (χ3n) is 2.45. The molecule has 1 fully saturated rings. The van der Waals surface area contributed by atoms with E-state index in [0.717, 1.165) is 12.8 Å². The maximum atomic E-state index is 13.2. The summed E-state index contributed by atoms with van der Waals surface area (Å²) in [5, 5.41) is 9.59. The summed E-state index contributed by atoms with van der Waals surface area (Å²) in [5.41, 5.74) is 0.0874. The number of carbonyl (C=O) groups excluding carboxylic acids is 1. The molecule has 0 aromatic heterocycles. The van der Waals surface area contributed by atoms with E-state index >= 15 is 0 Å². The highest BCUT2D eigenvalue weighted by atomic mass is 19.1. The molecule has 2 rings (SSSR count). The van der Waals surface area contributed by atoms with Crippen LogP contribution in [0.5, 0.6) is 0 Å². The maximum Gasteiger partial charge on any atom is 0.168 e. The lowest BCUT2D eigenvalue weighted by Crippen LogP contribution is -2.14. The molecule has 0 spiro atoms. The quantitative estimate of drug-likeness (QED) is 0.797. The van der Waals surface area contributed by atoms with Gasteiger partial charge >= 0.3 is 0 Å². The summed E-state index contributed by atoms with van der Waals surface area (Å²) in [6.07, 6.45) is 0.359. The van der Waals surface area contributed by atoms with Gasteiger partial charge in [-0.15, -0.1) is 0 Å². The summed E-state index contributed by atoms with van der Waals surface area (Å²) in [6, 6.07) is 5.84. The van der Waals surface area contributed by atoms with Gasteiger partial charge in [0.15, 0.2) is 5.78 Å². The molecule has 2 nitrogen and oxygen atoms in total. The lowest BCUT2D eigenvalue weighted by molar-refractivity contribution is -0.128. The molecule has 0 saturated heterocycles. The first kappa shape index (κ1) is 9.34. The summed E-state index contributed by atoms with van der Waals surface area (Å²) in [5.74, 6) is -0.825. The Hall–Kier alpha value is -1.22. The van der Waals surface area contributed by atoms with E-state index in [4.69, 9.17) is 0 Å². The molecule has 0 heterocycles. The molecule has 1 aromatic rings. The summed E-state index contributed by atoms with van der Waals surface area (Å²) in [6.45, 7) is 0. The molecule has 3 heteroatoms. The van der Waals surface area contributed by atoms with E-state index in [1.807, 2.05) is 0 Å². The van der Waals surface area contributed by atoms with Crippen LogP contribution in [0.4, 0.5) is 4.39 Å². The van der Waals surface area contributed by atoms with Crippen LogP contribution in [0.2, 0.25) is 0 Å². The van der Waals surface area contributed by atoms with E-state index in [1.54, 1.807) is 6.07 Å². The van der Waals surface area contributed by atoms with Crippen molar-refractivity contribution in [2.45, 2.75) is 18.9 Å². The van der Waals surface area contributed by atoms with Crippen LogP contribution < -0.4 is 0 Å². The standard InChI is InChI=1S/C11H11FO2/c12-9-4-2-1-3-8(9)11(14)10(13)7-5-6-7/h1-4,7,11,14H,5-6H2/t11-/m0/s1. The average Bonchev–Trinajstić information content (AvgIpc) is 3.00. The molecule has 1 saturated carbocycles. The fourth-order valence-corrected chi connectivity index (χ4v) is 1.44. The summed E-state index contributed by atoms with van der Waals surface area (Å²) in [4.78, 5) is 11.4. The lowest BCUT2D eigenvalue weighted by Gasteiger charge is -2.09. The fraction of sp³-hybridized carbons (Fsp3) is 0.364. The van der Waals surface area contributed by atoms with Crippen LogP contribution in [-0.4, -0.2) is 10.9 Å². The highest BCUT2D eigenvalue weighted by Gasteiger charge is 2.35. The molecule has 0 amide bonds. The first-order valence-electron chi connectivity index (χ1n) is 4.66. The number of ketones is 1. The minimum atomic E-state index is -1.29. The molecule has 0 unspecified atom stereocenters. The van der Waals surface area contributed by atoms with Crippen LogP contribution in [0.1, 0.15) is 24.5 Å². The van der Waals surface area contributed by atoms with Gasteiger partial charge in [0.05, 0.1) is 0 Å². The van der Waals surface area contributed by atoms with Gasteiger partial charge in [-0.05, 0) is 18.9 Å². The van der Waals surface area contributed by atoms with Gasteiger partial charge in [0.1, 0.15) is 11.9 Å². The van der Waals surface area contributed by atoms with Gasteiger partial charge in [0.25, 0.3) is 0 Å². The monoisotopic (exact) mass is 194 g/mol. The van der Waals surface area contributed by atoms with Gasteiger partial charge in [-0.3, -0.25) is 4.79 Å². The third-order valence-corrected chi connectivity index (χ3v) is 2.45. The molecule has 74 valence electrons. The molecule has 14 heavy (non-hydrogen) atoms. The number of carbonyl (C=O) groups is 1. The van der Waals surface area contributed by atoms with Crippen LogP contribution >= 0.6 is 0 Å². The summed E-state index contributed by atoms with van der Waals surface area (Å²) < 4.78 is 13.2. The van der Waals surface area contributed by atoms with Crippen molar-refractivity contribution in [3.8, 4) is 0 Å². The molecule has 0 bridgehead atoms. The number of hydrogen-bond acceptors (Lipinski definition) is 2. The van der Waals surface area contributed by atoms with E-state index in [9.17, 15) is 14.3 Å². The lowest BCUT2D eigenvalue weighted by atomic mass is 10.0. The van der Waals surface area contributed by atoms with Crippen LogP contribution in [0.3, 0.4) is 0 Å². The molecule has 1 aromatic carbocycles. The molecular formula is C11H11FO2. The van der Waals surface area contributed by atoms with Gasteiger partial charge in [0, 0.05) is 11.5 Å². The molecular weight excluding hydrogens is 183 g/mol. The Bertz CT molecular complexity index is 358. The molecule has 0 radical (unpaired) electrons. The van der Waals surface area contributed by atoms with Crippen molar-refractivity contribution in [3.05, 3.63) is 35.6 Å². The Morgan fingerprint density at radius 3 is 2.64 bits per heavy atom. The van der Waals surface area contributed by atoms with E-state index < -0.39 is 11.9 Å². The van der Waals surface area contributed by atoms with E-state index in [0.29, 0.717) is 0 Å². The molecule has 1 aliphatic rings. The van der Waals surface area contributed by atoms with Crippen molar-refractivity contribution in [2.24, 2.45) is 5.92 Å². The van der Waals surface area contributed by atoms with E-state index in [-0.39, 0.29) is 17.3 Å². The van der Waals surface area contributed by atoms with Crippen LogP contribution in [0.25, 0.3) is 0 Å². The number of Topliss-reactive ketones (excluding diaryl/α,β-unsaturated/α-hetero) is 1. The highest BCUT2D eigenvalue weighted by Crippen LogP contribution is 2.34. The number of benzene rings is 1. The van der Waals surface area contributed by atoms with Crippen molar-refractivity contribution < 1.29 is 14.3 Å². The van der Waals surface area contributed by atoms with Crippen LogP contribution in [-0.2, 0) is 4.79 Å². The van der Waals surface area contributed by atoms with Gasteiger partial charge in [-0.2, -0.15) is 0 Å². The zero-order valence-electron chi connectivity index (χ0n) is 7.61. The SMILES string of the molecule is O=C(C1CC1)[C@@H](O)c1ccccc1F. The van der Waals surface area contributed by atoms with Crippen LogP contribution in [0.15, 0.2) is 24.3 Å². The largest absolute Gasteiger partial charge is 0.380 e. The molecule has 1 atom stereocenters. The normalized spacial score (nSPS) is 17.9. The predicted octanol–water partition coefficient (Wildman–Crippen LogP) is 1.84. The minimum absolute atomic E-state index is 0.0513. The van der Waals surface area contributed by atoms with Crippen molar-refractivity contribution in [2.75, 3.05) is 0 Å². The smallest absolute Gasteiger partial charge is 0.168 e. The van der Waals surface area contributed by atoms with E-state index in [2.05, 4.69) is 0 Å². The van der Waals surface area contributed by atoms with E-state index in [1.165, 1.54) is 18.2 Å². The Labute approximate surface area is 81.4 Å². The zero-order chi connectivity index (χ0) is 10.1. The average molecular weight is 194 g/mol. The number of rotatable bonds is 3. The third kappa shape index (κ3) is 1.68. The second kappa shape index (κ2) is 3.50. The van der Waals surface area contributed by atoms with Gasteiger partial charge in [0.2, 0.25) is 0 Å². The molecule has 1 aliphatic carbocycles. The van der Waals surface area contributed by atoms with Crippen molar-refractivity contribution in [1.29, 1.82) is 0 Å². The highest BCUT2D eigenvalue weighted by molar-refractivity contribution is 5.88. The Kier molecular flexibility index (Phi) is 2.33. The topological polar surface area (TPSA) is 37.3 Å². The van der Waals surface area contributed by atoms with Gasteiger partial charge in [-0.1, -0.05) is 18.2 Å². The predicted molar refractivity (Wildman–Crippen MR) is 49.1 cm³/mol. The second-order valence-corrected chi connectivity index (χ2v) is 3.60. The zero-order valence-corrected chi connectivity index (χ0v) is 7.61. The van der Waals surface area contributed by atoms with Gasteiger partial charge in [-0.25, -0.2) is 4.39 Å². The Morgan fingerprint density at radius 2 is 2.07 bits per heavy atom. The first-order valence-corrected chi connectivity index (χ1v) is 4.66. The van der Waals surface area contributed by atoms with Crippen LogP contribution in [0, 0.1) is 11.7 Å². The van der Waals surface area contributed by atoms with Crippen molar-refractivity contribution in [3.63, 3.8) is 0 Å². The molecule has 1 N–H and O–H groups in total. The first-order chi connectivity index (χ1) is 6.70. The Balaban J connectivity index is 2.21. The Morgan fingerprint density at radius 1 is 1.43 bits per heavy atom. The number of halogens is 1. The minimum Gasteiger partial charge on any atom is -0.380 e. The van der Waals surface area contributed by atoms with Gasteiger partial charge < -0.3 is 5.11 Å². The number of aliphatic hydroxyl groups is 1. The molecule has 0 aliphatic heterocycles. The maximum absolute atomic E-state index is 13.2. The summed E-state index contributed by atoms with van der Waals surface area (Å²) in [7, 11) is 0.